The average Bonchev–Trinajstić information content (AvgIpc) is 2.72. The van der Waals surface area contributed by atoms with E-state index in [1.165, 1.54) is 4.90 Å². The van der Waals surface area contributed by atoms with E-state index in [9.17, 15) is 9.59 Å². The van der Waals surface area contributed by atoms with Gasteiger partial charge in [-0.15, -0.1) is 0 Å². The third-order valence-corrected chi connectivity index (χ3v) is 4.40. The van der Waals surface area contributed by atoms with Gasteiger partial charge in [0, 0.05) is 45.5 Å². The summed E-state index contributed by atoms with van der Waals surface area (Å²) in [5.41, 5.74) is 2.10. The number of ether oxygens (including phenoxy) is 1. The number of rotatable bonds is 5. The monoisotopic (exact) mass is 368 g/mol. The zero-order valence-electron chi connectivity index (χ0n) is 15.6. The zero-order valence-corrected chi connectivity index (χ0v) is 15.6. The molecule has 142 valence electrons. The summed E-state index contributed by atoms with van der Waals surface area (Å²) in [6.07, 6.45) is 1.70. The van der Waals surface area contributed by atoms with Crippen molar-refractivity contribution in [3.63, 3.8) is 0 Å². The van der Waals surface area contributed by atoms with E-state index in [0.717, 1.165) is 18.7 Å². The molecule has 1 aromatic carbocycles. The highest BCUT2D eigenvalue weighted by Crippen LogP contribution is 2.18. The van der Waals surface area contributed by atoms with Crippen LogP contribution in [0.5, 0.6) is 0 Å². The lowest BCUT2D eigenvalue weighted by atomic mass is 10.1. The average molecular weight is 368 g/mol. The second-order valence-corrected chi connectivity index (χ2v) is 6.55. The Hall–Kier alpha value is -2.93. The van der Waals surface area contributed by atoms with Gasteiger partial charge >= 0.3 is 0 Å². The topological polar surface area (TPSA) is 74.8 Å². The predicted octanol–water partition coefficient (Wildman–Crippen LogP) is 1.55. The fraction of sp³-hybridized carbons (Fsp3) is 0.350. The number of pyridine rings is 1. The molecular weight excluding hydrogens is 344 g/mol. The van der Waals surface area contributed by atoms with Crippen LogP contribution < -0.4 is 10.2 Å². The second-order valence-electron chi connectivity index (χ2n) is 6.55. The number of hydrogen-bond donors (Lipinski definition) is 1. The number of hydrogen-bond acceptors (Lipinski definition) is 5. The quantitative estimate of drug-likeness (QED) is 0.867. The summed E-state index contributed by atoms with van der Waals surface area (Å²) in [4.78, 5) is 32.6. The summed E-state index contributed by atoms with van der Waals surface area (Å²) in [6.45, 7) is 3.09. The Morgan fingerprint density at radius 1 is 1.15 bits per heavy atom. The predicted molar refractivity (Wildman–Crippen MR) is 103 cm³/mol. The molecule has 1 aliphatic heterocycles. The molecule has 2 aromatic rings. The Morgan fingerprint density at radius 2 is 1.85 bits per heavy atom. The van der Waals surface area contributed by atoms with Crippen molar-refractivity contribution in [2.75, 3.05) is 45.3 Å². The number of carbonyl (C=O) groups excluding carboxylic acids is 2. The number of benzene rings is 1. The number of morpholine rings is 1. The Labute approximate surface area is 158 Å². The molecule has 0 atom stereocenters. The maximum atomic E-state index is 12.7. The summed E-state index contributed by atoms with van der Waals surface area (Å²) in [6, 6.07) is 10.8. The van der Waals surface area contributed by atoms with Crippen molar-refractivity contribution in [3.05, 3.63) is 59.3 Å². The van der Waals surface area contributed by atoms with Crippen LogP contribution in [-0.4, -0.2) is 62.1 Å². The molecular formula is C20H24N4O3. The molecule has 1 aliphatic rings. The van der Waals surface area contributed by atoms with Crippen molar-refractivity contribution in [1.29, 1.82) is 0 Å². The smallest absolute Gasteiger partial charge is 0.255 e. The molecule has 1 saturated heterocycles. The van der Waals surface area contributed by atoms with Crippen molar-refractivity contribution < 1.29 is 14.3 Å². The van der Waals surface area contributed by atoms with E-state index in [1.54, 1.807) is 44.6 Å². The molecule has 1 fully saturated rings. The SMILES string of the molecule is CN(C)C(=O)c1ccc(CNC(=O)c2cccnc2N2CCOCC2)cc1. The van der Waals surface area contributed by atoms with Gasteiger partial charge in [0.25, 0.3) is 11.8 Å². The highest BCUT2D eigenvalue weighted by molar-refractivity contribution is 5.99. The standard InChI is InChI=1S/C20H24N4O3/c1-23(2)20(26)16-7-5-15(6-8-16)14-22-19(25)17-4-3-9-21-18(17)24-10-12-27-13-11-24/h3-9H,10-14H2,1-2H3,(H,22,25). The summed E-state index contributed by atoms with van der Waals surface area (Å²) >= 11 is 0. The third-order valence-electron chi connectivity index (χ3n) is 4.40. The van der Waals surface area contributed by atoms with Gasteiger partial charge in [-0.05, 0) is 29.8 Å². The summed E-state index contributed by atoms with van der Waals surface area (Å²) in [5.74, 6) is 0.472. The highest BCUT2D eigenvalue weighted by Gasteiger charge is 2.19. The molecule has 0 radical (unpaired) electrons. The van der Waals surface area contributed by atoms with Gasteiger partial charge in [0.2, 0.25) is 0 Å². The number of amides is 2. The van der Waals surface area contributed by atoms with E-state index in [4.69, 9.17) is 4.74 Å². The minimum atomic E-state index is -0.168. The minimum Gasteiger partial charge on any atom is -0.378 e. The van der Waals surface area contributed by atoms with Gasteiger partial charge in [-0.1, -0.05) is 12.1 Å². The van der Waals surface area contributed by atoms with Gasteiger partial charge in [0.05, 0.1) is 18.8 Å². The first-order chi connectivity index (χ1) is 13.1. The van der Waals surface area contributed by atoms with Gasteiger partial charge in [-0.2, -0.15) is 0 Å². The van der Waals surface area contributed by atoms with Crippen molar-refractivity contribution in [2.24, 2.45) is 0 Å². The number of anilines is 1. The normalized spacial score (nSPS) is 13.9. The lowest BCUT2D eigenvalue weighted by molar-refractivity contribution is 0.0827. The van der Waals surface area contributed by atoms with Crippen LogP contribution in [-0.2, 0) is 11.3 Å². The maximum absolute atomic E-state index is 12.7. The lowest BCUT2D eigenvalue weighted by Gasteiger charge is -2.29. The van der Waals surface area contributed by atoms with Crippen molar-refractivity contribution in [3.8, 4) is 0 Å². The fourth-order valence-corrected chi connectivity index (χ4v) is 2.90. The molecule has 0 bridgehead atoms. The summed E-state index contributed by atoms with van der Waals surface area (Å²) in [5, 5.41) is 2.93. The molecule has 0 aliphatic carbocycles. The molecule has 7 nitrogen and oxygen atoms in total. The lowest BCUT2D eigenvalue weighted by Crippen LogP contribution is -2.38. The first-order valence-corrected chi connectivity index (χ1v) is 8.93. The van der Waals surface area contributed by atoms with Gasteiger partial charge < -0.3 is 19.9 Å². The number of nitrogens with one attached hydrogen (secondary N) is 1. The molecule has 1 N–H and O–H groups in total. The number of nitrogens with zero attached hydrogens (tertiary/aromatic N) is 3. The van der Waals surface area contributed by atoms with Crippen LogP contribution in [0.1, 0.15) is 26.3 Å². The Balaban J connectivity index is 1.65. The molecule has 27 heavy (non-hydrogen) atoms. The molecule has 1 aromatic heterocycles. The van der Waals surface area contributed by atoms with Crippen LogP contribution in [0.2, 0.25) is 0 Å². The van der Waals surface area contributed by atoms with Gasteiger partial charge in [-0.3, -0.25) is 9.59 Å². The fourth-order valence-electron chi connectivity index (χ4n) is 2.90. The van der Waals surface area contributed by atoms with E-state index in [1.807, 2.05) is 12.1 Å². The Kier molecular flexibility index (Phi) is 6.03. The van der Waals surface area contributed by atoms with E-state index in [0.29, 0.717) is 36.7 Å². The summed E-state index contributed by atoms with van der Waals surface area (Å²) in [7, 11) is 3.44. The van der Waals surface area contributed by atoms with Crippen LogP contribution in [0.3, 0.4) is 0 Å². The Morgan fingerprint density at radius 3 is 2.52 bits per heavy atom. The molecule has 0 spiro atoms. The molecule has 3 rings (SSSR count). The van der Waals surface area contributed by atoms with Crippen LogP contribution in [0, 0.1) is 0 Å². The molecule has 0 saturated carbocycles. The van der Waals surface area contributed by atoms with Crippen LogP contribution in [0.15, 0.2) is 42.6 Å². The molecule has 2 amide bonds. The van der Waals surface area contributed by atoms with Crippen LogP contribution in [0.25, 0.3) is 0 Å². The summed E-state index contributed by atoms with van der Waals surface area (Å²) < 4.78 is 5.37. The van der Waals surface area contributed by atoms with Gasteiger partial charge in [0.1, 0.15) is 5.82 Å². The zero-order chi connectivity index (χ0) is 19.2. The largest absolute Gasteiger partial charge is 0.378 e. The van der Waals surface area contributed by atoms with Crippen molar-refractivity contribution in [1.82, 2.24) is 15.2 Å². The first-order valence-electron chi connectivity index (χ1n) is 8.93. The number of aromatic nitrogens is 1. The van der Waals surface area contributed by atoms with E-state index in [-0.39, 0.29) is 11.8 Å². The van der Waals surface area contributed by atoms with Gasteiger partial charge in [-0.25, -0.2) is 4.98 Å². The molecule has 2 heterocycles. The maximum Gasteiger partial charge on any atom is 0.255 e. The van der Waals surface area contributed by atoms with Crippen molar-refractivity contribution >= 4 is 17.6 Å². The van der Waals surface area contributed by atoms with E-state index in [2.05, 4.69) is 15.2 Å². The Bertz CT molecular complexity index is 799. The first kappa shape index (κ1) is 18.8. The van der Waals surface area contributed by atoms with Crippen LogP contribution in [0.4, 0.5) is 5.82 Å². The third kappa shape index (κ3) is 4.62. The van der Waals surface area contributed by atoms with Crippen molar-refractivity contribution in [2.45, 2.75) is 6.54 Å². The second kappa shape index (κ2) is 8.64. The molecule has 0 unspecified atom stereocenters. The molecule has 7 heteroatoms. The number of carbonyl (C=O) groups is 2. The van der Waals surface area contributed by atoms with Crippen LogP contribution >= 0.6 is 0 Å². The van der Waals surface area contributed by atoms with E-state index < -0.39 is 0 Å². The van der Waals surface area contributed by atoms with E-state index >= 15 is 0 Å². The minimum absolute atomic E-state index is 0.0453. The van der Waals surface area contributed by atoms with Gasteiger partial charge in [0.15, 0.2) is 0 Å². The highest BCUT2D eigenvalue weighted by atomic mass is 16.5.